The first kappa shape index (κ1) is 11.4. The molecule has 3 rings (SSSR count). The maximum absolute atomic E-state index is 12.0. The van der Waals surface area contributed by atoms with Gasteiger partial charge in [0.15, 0.2) is 5.13 Å². The Hall–Kier alpha value is -1.73. The van der Waals surface area contributed by atoms with Crippen LogP contribution in [0.3, 0.4) is 0 Å². The molecule has 5 nitrogen and oxygen atoms in total. The van der Waals surface area contributed by atoms with Gasteiger partial charge in [0.1, 0.15) is 0 Å². The summed E-state index contributed by atoms with van der Waals surface area (Å²) in [4.78, 5) is 23.1. The summed E-state index contributed by atoms with van der Waals surface area (Å²) in [5.41, 5.74) is 2.24. The van der Waals surface area contributed by atoms with E-state index >= 15 is 0 Å². The molecule has 1 aromatic carbocycles. The molecule has 0 saturated heterocycles. The van der Waals surface area contributed by atoms with E-state index in [4.69, 9.17) is 0 Å². The lowest BCUT2D eigenvalue weighted by Crippen LogP contribution is -2.11. The molecule has 0 aliphatic heterocycles. The van der Waals surface area contributed by atoms with Crippen molar-refractivity contribution in [2.45, 2.75) is 0 Å². The van der Waals surface area contributed by atoms with Crippen LogP contribution in [0.2, 0.25) is 0 Å². The van der Waals surface area contributed by atoms with Gasteiger partial charge in [0.2, 0.25) is 0 Å². The Morgan fingerprint density at radius 2 is 2.28 bits per heavy atom. The molecular weight excluding hydrogens is 316 g/mol. The predicted molar refractivity (Wildman–Crippen MR) is 73.9 cm³/mol. The highest BCUT2D eigenvalue weighted by atomic mass is 79.9. The van der Waals surface area contributed by atoms with Crippen LogP contribution in [0.1, 0.15) is 10.4 Å². The van der Waals surface area contributed by atoms with E-state index in [1.54, 1.807) is 30.7 Å². The number of imidazole rings is 1. The van der Waals surface area contributed by atoms with Crippen LogP contribution in [0.5, 0.6) is 0 Å². The van der Waals surface area contributed by atoms with Gasteiger partial charge in [0.05, 0.1) is 27.3 Å². The van der Waals surface area contributed by atoms with Gasteiger partial charge in [0, 0.05) is 5.56 Å². The number of halogens is 1. The van der Waals surface area contributed by atoms with Gasteiger partial charge in [-0.05, 0) is 34.1 Å². The molecule has 0 bridgehead atoms. The second-order valence-corrected chi connectivity index (χ2v) is 5.97. The minimum Gasteiger partial charge on any atom is -0.345 e. The topological polar surface area (TPSA) is 70.7 Å². The number of anilines is 1. The third kappa shape index (κ3) is 2.14. The molecular formula is C11H7BrN4OS. The number of thiazole rings is 1. The molecule has 2 heterocycles. The predicted octanol–water partition coefficient (Wildman–Crippen LogP) is 3.03. The monoisotopic (exact) mass is 322 g/mol. The smallest absolute Gasteiger partial charge is 0.257 e. The molecule has 3 aromatic rings. The van der Waals surface area contributed by atoms with Crippen molar-refractivity contribution in [1.29, 1.82) is 0 Å². The minimum absolute atomic E-state index is 0.187. The van der Waals surface area contributed by atoms with Crippen LogP contribution in [0.15, 0.2) is 34.5 Å². The summed E-state index contributed by atoms with van der Waals surface area (Å²) in [5.74, 6) is -0.187. The zero-order chi connectivity index (χ0) is 12.5. The SMILES string of the molecule is O=C(Nc1ncc(Br)s1)c1ccc2nc[nH]c2c1. The molecule has 0 radical (unpaired) electrons. The summed E-state index contributed by atoms with van der Waals surface area (Å²) < 4.78 is 0.877. The van der Waals surface area contributed by atoms with Crippen molar-refractivity contribution in [3.8, 4) is 0 Å². The fraction of sp³-hybridized carbons (Fsp3) is 0. The summed E-state index contributed by atoms with van der Waals surface area (Å²) in [5, 5.41) is 3.31. The van der Waals surface area contributed by atoms with Crippen LogP contribution in [0.25, 0.3) is 11.0 Å². The van der Waals surface area contributed by atoms with E-state index in [9.17, 15) is 4.79 Å². The second-order valence-electron chi connectivity index (χ2n) is 3.56. The fourth-order valence-corrected chi connectivity index (χ4v) is 2.66. The van der Waals surface area contributed by atoms with Crippen LogP contribution >= 0.6 is 27.3 Å². The third-order valence-electron chi connectivity index (χ3n) is 2.38. The number of aromatic amines is 1. The molecule has 90 valence electrons. The first-order chi connectivity index (χ1) is 8.72. The van der Waals surface area contributed by atoms with E-state index in [0.717, 1.165) is 14.8 Å². The normalized spacial score (nSPS) is 10.7. The molecule has 0 atom stereocenters. The molecule has 0 saturated carbocycles. The van der Waals surface area contributed by atoms with Crippen molar-refractivity contribution in [1.82, 2.24) is 15.0 Å². The Kier molecular flexibility index (Phi) is 2.85. The van der Waals surface area contributed by atoms with Crippen LogP contribution in [-0.2, 0) is 0 Å². The summed E-state index contributed by atoms with van der Waals surface area (Å²) in [6.45, 7) is 0. The van der Waals surface area contributed by atoms with Crippen LogP contribution < -0.4 is 5.32 Å². The van der Waals surface area contributed by atoms with Crippen LogP contribution in [0.4, 0.5) is 5.13 Å². The molecule has 0 aliphatic rings. The number of rotatable bonds is 2. The quantitative estimate of drug-likeness (QED) is 0.761. The molecule has 7 heteroatoms. The highest BCUT2D eigenvalue weighted by molar-refractivity contribution is 9.11. The first-order valence-corrected chi connectivity index (χ1v) is 6.69. The number of H-pyrrole nitrogens is 1. The Bertz CT molecular complexity index is 720. The lowest BCUT2D eigenvalue weighted by Gasteiger charge is -2.01. The van der Waals surface area contributed by atoms with Crippen molar-refractivity contribution in [3.63, 3.8) is 0 Å². The van der Waals surface area contributed by atoms with Gasteiger partial charge < -0.3 is 4.98 Å². The molecule has 2 N–H and O–H groups in total. The Morgan fingerprint density at radius 3 is 3.06 bits per heavy atom. The maximum Gasteiger partial charge on any atom is 0.257 e. The highest BCUT2D eigenvalue weighted by Crippen LogP contribution is 2.23. The number of carbonyl (C=O) groups is 1. The second kappa shape index (κ2) is 4.51. The van der Waals surface area contributed by atoms with Gasteiger partial charge in [-0.25, -0.2) is 9.97 Å². The Morgan fingerprint density at radius 1 is 1.39 bits per heavy atom. The number of benzene rings is 1. The number of nitrogens with one attached hydrogen (secondary N) is 2. The molecule has 1 amide bonds. The van der Waals surface area contributed by atoms with E-state index in [-0.39, 0.29) is 5.91 Å². The van der Waals surface area contributed by atoms with E-state index in [2.05, 4.69) is 36.2 Å². The number of aromatic nitrogens is 3. The van der Waals surface area contributed by atoms with Crippen molar-refractivity contribution >= 4 is 49.3 Å². The lowest BCUT2D eigenvalue weighted by atomic mass is 10.2. The zero-order valence-electron chi connectivity index (χ0n) is 8.98. The fourth-order valence-electron chi connectivity index (χ4n) is 1.56. The van der Waals surface area contributed by atoms with Crippen LogP contribution in [-0.4, -0.2) is 20.9 Å². The number of hydrogen-bond acceptors (Lipinski definition) is 4. The van der Waals surface area contributed by atoms with E-state index in [0.29, 0.717) is 10.7 Å². The number of nitrogens with zero attached hydrogens (tertiary/aromatic N) is 2. The van der Waals surface area contributed by atoms with Crippen molar-refractivity contribution in [2.24, 2.45) is 0 Å². The number of hydrogen-bond donors (Lipinski definition) is 2. The standard InChI is InChI=1S/C11H7BrN4OS/c12-9-4-13-11(18-9)16-10(17)6-1-2-7-8(3-6)15-5-14-7/h1-5H,(H,14,15)(H,13,16,17). The van der Waals surface area contributed by atoms with Gasteiger partial charge in [-0.1, -0.05) is 11.3 Å². The number of carbonyl (C=O) groups excluding carboxylic acids is 1. The largest absolute Gasteiger partial charge is 0.345 e. The molecule has 0 unspecified atom stereocenters. The highest BCUT2D eigenvalue weighted by Gasteiger charge is 2.09. The van der Waals surface area contributed by atoms with Crippen molar-refractivity contribution in [3.05, 3.63) is 40.1 Å². The van der Waals surface area contributed by atoms with Gasteiger partial charge >= 0.3 is 0 Å². The average molecular weight is 323 g/mol. The number of amides is 1. The summed E-state index contributed by atoms with van der Waals surface area (Å²) in [6.07, 6.45) is 3.25. The van der Waals surface area contributed by atoms with E-state index in [1.165, 1.54) is 11.3 Å². The summed E-state index contributed by atoms with van der Waals surface area (Å²) >= 11 is 4.67. The average Bonchev–Trinajstić information content (AvgIpc) is 2.96. The Balaban J connectivity index is 1.87. The van der Waals surface area contributed by atoms with Gasteiger partial charge in [0.25, 0.3) is 5.91 Å². The Labute approximate surface area is 114 Å². The van der Waals surface area contributed by atoms with Gasteiger partial charge in [-0.3, -0.25) is 10.1 Å². The molecule has 0 fully saturated rings. The van der Waals surface area contributed by atoms with E-state index in [1.807, 2.05) is 0 Å². The third-order valence-corrected chi connectivity index (χ3v) is 3.77. The lowest BCUT2D eigenvalue weighted by molar-refractivity contribution is 0.102. The summed E-state index contributed by atoms with van der Waals surface area (Å²) in [7, 11) is 0. The minimum atomic E-state index is -0.187. The van der Waals surface area contributed by atoms with Crippen LogP contribution in [0, 0.1) is 0 Å². The van der Waals surface area contributed by atoms with Gasteiger partial charge in [-0.15, -0.1) is 0 Å². The molecule has 2 aromatic heterocycles. The van der Waals surface area contributed by atoms with Crippen molar-refractivity contribution in [2.75, 3.05) is 5.32 Å². The zero-order valence-corrected chi connectivity index (χ0v) is 11.4. The molecule has 0 aliphatic carbocycles. The van der Waals surface area contributed by atoms with Gasteiger partial charge in [-0.2, -0.15) is 0 Å². The summed E-state index contributed by atoms with van der Waals surface area (Å²) in [6, 6.07) is 5.31. The maximum atomic E-state index is 12.0. The van der Waals surface area contributed by atoms with E-state index < -0.39 is 0 Å². The first-order valence-electron chi connectivity index (χ1n) is 5.08. The molecule has 0 spiro atoms. The number of fused-ring (bicyclic) bond motifs is 1. The van der Waals surface area contributed by atoms with Crippen molar-refractivity contribution < 1.29 is 4.79 Å². The molecule has 18 heavy (non-hydrogen) atoms.